The summed E-state index contributed by atoms with van der Waals surface area (Å²) >= 11 is 5.14. The third kappa shape index (κ3) is 2.23. The van der Waals surface area contributed by atoms with Crippen molar-refractivity contribution in [3.05, 3.63) is 33.1 Å². The number of amides is 2. The van der Waals surface area contributed by atoms with E-state index in [1.165, 1.54) is 28.5 Å². The zero-order valence-corrected chi connectivity index (χ0v) is 15.5. The Balaban J connectivity index is 1.47. The summed E-state index contributed by atoms with van der Waals surface area (Å²) in [5, 5.41) is 4.29. The van der Waals surface area contributed by atoms with E-state index in [0.717, 1.165) is 15.8 Å². The number of halogens is 1. The number of nitrogens with one attached hydrogen (secondary N) is 1. The lowest BCUT2D eigenvalue weighted by Crippen LogP contribution is -2.68. The molecule has 0 atom stereocenters. The van der Waals surface area contributed by atoms with E-state index in [-0.39, 0.29) is 17.4 Å². The molecular weight excluding hydrogens is 388 g/mol. The smallest absolute Gasteiger partial charge is 0.264 e. The maximum atomic E-state index is 13.1. The molecule has 1 spiro atoms. The zero-order valence-electron chi connectivity index (χ0n) is 13.1. The van der Waals surface area contributed by atoms with E-state index < -0.39 is 0 Å². The van der Waals surface area contributed by atoms with Gasteiger partial charge in [0, 0.05) is 28.7 Å². The lowest BCUT2D eigenvalue weighted by Gasteiger charge is -2.47. The summed E-state index contributed by atoms with van der Waals surface area (Å²) < 4.78 is 2.23. The molecule has 1 saturated carbocycles. The number of carbonyl (C=O) groups excluding carboxylic acids is 2. The van der Waals surface area contributed by atoms with Crippen LogP contribution in [0.25, 0.3) is 10.1 Å². The summed E-state index contributed by atoms with van der Waals surface area (Å²) in [6.45, 7) is 1.30. The van der Waals surface area contributed by atoms with Crippen molar-refractivity contribution in [1.82, 2.24) is 10.2 Å². The van der Waals surface area contributed by atoms with Crippen LogP contribution in [0.3, 0.4) is 0 Å². The molecule has 1 N–H and O–H groups in total. The maximum absolute atomic E-state index is 13.1. The fourth-order valence-electron chi connectivity index (χ4n) is 4.01. The first-order valence-corrected chi connectivity index (χ1v) is 9.98. The zero-order chi connectivity index (χ0) is 16.5. The molecule has 5 rings (SSSR count). The molecule has 1 aromatic heterocycles. The van der Waals surface area contributed by atoms with Crippen molar-refractivity contribution in [2.75, 3.05) is 13.1 Å². The Morgan fingerprint density at radius 2 is 2.12 bits per heavy atom. The monoisotopic (exact) mass is 404 g/mol. The van der Waals surface area contributed by atoms with Gasteiger partial charge in [0.05, 0.1) is 10.4 Å². The molecule has 124 valence electrons. The molecule has 24 heavy (non-hydrogen) atoms. The number of nitrogens with zero attached hydrogens (tertiary/aromatic N) is 1. The van der Waals surface area contributed by atoms with Crippen molar-refractivity contribution in [3.63, 3.8) is 0 Å². The SMILES string of the molecule is O=C1CCC2(CN(C(=O)c3sc4cc(Br)ccc4c3C3CC3)C2)N1. The summed E-state index contributed by atoms with van der Waals surface area (Å²) in [4.78, 5) is 27.4. The quantitative estimate of drug-likeness (QED) is 0.830. The van der Waals surface area contributed by atoms with E-state index >= 15 is 0 Å². The van der Waals surface area contributed by atoms with E-state index in [4.69, 9.17) is 0 Å². The summed E-state index contributed by atoms with van der Waals surface area (Å²) in [6.07, 6.45) is 3.81. The molecule has 2 aliphatic heterocycles. The van der Waals surface area contributed by atoms with Gasteiger partial charge in [-0.25, -0.2) is 0 Å². The van der Waals surface area contributed by atoms with Crippen LogP contribution in [0.4, 0.5) is 0 Å². The number of fused-ring (bicyclic) bond motifs is 1. The van der Waals surface area contributed by atoms with Crippen LogP contribution in [0.2, 0.25) is 0 Å². The molecule has 0 unspecified atom stereocenters. The lowest BCUT2D eigenvalue weighted by atomic mass is 9.88. The maximum Gasteiger partial charge on any atom is 0.264 e. The van der Waals surface area contributed by atoms with Crippen molar-refractivity contribution >= 4 is 49.2 Å². The number of hydrogen-bond acceptors (Lipinski definition) is 3. The number of hydrogen-bond donors (Lipinski definition) is 1. The highest BCUT2D eigenvalue weighted by Gasteiger charge is 2.50. The average molecular weight is 405 g/mol. The molecule has 3 aliphatic rings. The Labute approximate surface area is 152 Å². The second-order valence-corrected chi connectivity index (χ2v) is 9.22. The molecular formula is C18H17BrN2O2S. The predicted molar refractivity (Wildman–Crippen MR) is 97.5 cm³/mol. The van der Waals surface area contributed by atoms with Crippen molar-refractivity contribution in [2.24, 2.45) is 0 Å². The highest BCUT2D eigenvalue weighted by molar-refractivity contribution is 9.10. The first kappa shape index (κ1) is 14.9. The lowest BCUT2D eigenvalue weighted by molar-refractivity contribution is -0.120. The van der Waals surface area contributed by atoms with Crippen molar-refractivity contribution in [3.8, 4) is 0 Å². The molecule has 0 bridgehead atoms. The Morgan fingerprint density at radius 3 is 2.79 bits per heavy atom. The molecule has 6 heteroatoms. The molecule has 2 amide bonds. The van der Waals surface area contributed by atoms with Gasteiger partial charge in [-0.05, 0) is 48.3 Å². The molecule has 2 saturated heterocycles. The van der Waals surface area contributed by atoms with Crippen LogP contribution in [0.1, 0.15) is 46.8 Å². The molecule has 2 aromatic rings. The van der Waals surface area contributed by atoms with Crippen LogP contribution in [0.15, 0.2) is 22.7 Å². The second kappa shape index (κ2) is 5.05. The van der Waals surface area contributed by atoms with Gasteiger partial charge in [0.2, 0.25) is 5.91 Å². The van der Waals surface area contributed by atoms with Gasteiger partial charge in [-0.15, -0.1) is 11.3 Å². The highest BCUT2D eigenvalue weighted by Crippen LogP contribution is 2.49. The van der Waals surface area contributed by atoms with Gasteiger partial charge < -0.3 is 10.2 Å². The van der Waals surface area contributed by atoms with Gasteiger partial charge in [-0.3, -0.25) is 9.59 Å². The van der Waals surface area contributed by atoms with Gasteiger partial charge in [-0.2, -0.15) is 0 Å². The Kier molecular flexibility index (Phi) is 3.14. The van der Waals surface area contributed by atoms with Crippen molar-refractivity contribution in [2.45, 2.75) is 37.1 Å². The van der Waals surface area contributed by atoms with E-state index in [1.54, 1.807) is 11.3 Å². The van der Waals surface area contributed by atoms with Crippen LogP contribution in [-0.2, 0) is 4.79 Å². The van der Waals surface area contributed by atoms with Crippen LogP contribution < -0.4 is 5.32 Å². The fourth-order valence-corrected chi connectivity index (χ4v) is 5.82. The van der Waals surface area contributed by atoms with E-state index in [0.29, 0.717) is 25.4 Å². The molecule has 1 aliphatic carbocycles. The predicted octanol–water partition coefficient (Wildman–Crippen LogP) is 3.65. The topological polar surface area (TPSA) is 49.4 Å². The van der Waals surface area contributed by atoms with Crippen LogP contribution in [-0.4, -0.2) is 35.3 Å². The first-order chi connectivity index (χ1) is 11.5. The Bertz CT molecular complexity index is 881. The molecule has 1 aromatic carbocycles. The number of carbonyl (C=O) groups is 2. The summed E-state index contributed by atoms with van der Waals surface area (Å²) in [6, 6.07) is 6.30. The van der Waals surface area contributed by atoms with E-state index in [9.17, 15) is 9.59 Å². The Hall–Kier alpha value is -1.40. The van der Waals surface area contributed by atoms with Crippen molar-refractivity contribution in [1.29, 1.82) is 0 Å². The van der Waals surface area contributed by atoms with Gasteiger partial charge in [0.25, 0.3) is 5.91 Å². The summed E-state index contributed by atoms with van der Waals surface area (Å²) in [5.41, 5.74) is 1.11. The summed E-state index contributed by atoms with van der Waals surface area (Å²) in [7, 11) is 0. The number of thiophene rings is 1. The first-order valence-electron chi connectivity index (χ1n) is 8.37. The molecule has 3 heterocycles. The summed E-state index contributed by atoms with van der Waals surface area (Å²) in [5.74, 6) is 0.800. The second-order valence-electron chi connectivity index (χ2n) is 7.25. The molecule has 3 fully saturated rings. The minimum atomic E-state index is -0.147. The number of benzene rings is 1. The van der Waals surface area contributed by atoms with Gasteiger partial charge >= 0.3 is 0 Å². The van der Waals surface area contributed by atoms with Gasteiger partial charge in [-0.1, -0.05) is 22.0 Å². The largest absolute Gasteiger partial charge is 0.347 e. The van der Waals surface area contributed by atoms with Crippen LogP contribution >= 0.6 is 27.3 Å². The number of likely N-dealkylation sites (tertiary alicyclic amines) is 1. The highest BCUT2D eigenvalue weighted by atomic mass is 79.9. The van der Waals surface area contributed by atoms with Crippen LogP contribution in [0.5, 0.6) is 0 Å². The standard InChI is InChI=1S/C18H17BrN2O2S/c19-11-3-4-12-13(7-11)24-16(15(12)10-1-2-10)17(23)21-8-18(9-21)6-5-14(22)20-18/h3-4,7,10H,1-2,5-6,8-9H2,(H,20,22). The third-order valence-electron chi connectivity index (χ3n) is 5.38. The minimum Gasteiger partial charge on any atom is -0.347 e. The van der Waals surface area contributed by atoms with E-state index in [2.05, 4.69) is 39.4 Å². The molecule has 0 radical (unpaired) electrons. The molecule has 4 nitrogen and oxygen atoms in total. The fraction of sp³-hybridized carbons (Fsp3) is 0.444. The van der Waals surface area contributed by atoms with Crippen molar-refractivity contribution < 1.29 is 9.59 Å². The van der Waals surface area contributed by atoms with Crippen LogP contribution in [0, 0.1) is 0 Å². The average Bonchev–Trinajstić information content (AvgIpc) is 3.17. The third-order valence-corrected chi connectivity index (χ3v) is 7.03. The van der Waals surface area contributed by atoms with E-state index in [1.807, 2.05) is 4.90 Å². The minimum absolute atomic E-state index is 0.118. The van der Waals surface area contributed by atoms with Gasteiger partial charge in [0.1, 0.15) is 0 Å². The normalized spacial score (nSPS) is 22.0. The Morgan fingerprint density at radius 1 is 1.33 bits per heavy atom. The number of rotatable bonds is 2. The van der Waals surface area contributed by atoms with Gasteiger partial charge in [0.15, 0.2) is 0 Å².